The Morgan fingerprint density at radius 2 is 2.19 bits per heavy atom. The van der Waals surface area contributed by atoms with Crippen LogP contribution in [0.25, 0.3) is 0 Å². The molecule has 1 aliphatic carbocycles. The molecule has 0 aromatic heterocycles. The standard InChI is InChI=1S/C18H26BrNO/c1-20-17(12-14-5-4-6-16(19)11-14)15-7-10-21-18(13-15)8-2-3-9-18/h4-6,11,15,17,20H,2-3,7-10,12-13H2,1H3. The minimum Gasteiger partial charge on any atom is -0.375 e. The van der Waals surface area contributed by atoms with Crippen molar-refractivity contribution in [2.45, 2.75) is 56.6 Å². The number of hydrogen-bond acceptors (Lipinski definition) is 2. The zero-order valence-corrected chi connectivity index (χ0v) is 14.5. The number of halogens is 1. The third-order valence-corrected chi connectivity index (χ3v) is 5.82. The molecule has 0 radical (unpaired) electrons. The molecule has 2 fully saturated rings. The lowest BCUT2D eigenvalue weighted by molar-refractivity contribution is -0.0975. The maximum atomic E-state index is 6.19. The van der Waals surface area contributed by atoms with E-state index in [1.165, 1.54) is 48.6 Å². The molecule has 0 bridgehead atoms. The van der Waals surface area contributed by atoms with E-state index in [1.54, 1.807) is 0 Å². The molecule has 21 heavy (non-hydrogen) atoms. The number of hydrogen-bond donors (Lipinski definition) is 1. The lowest BCUT2D eigenvalue weighted by Gasteiger charge is -2.41. The van der Waals surface area contributed by atoms with Crippen molar-refractivity contribution in [1.29, 1.82) is 0 Å². The average molecular weight is 352 g/mol. The topological polar surface area (TPSA) is 21.3 Å². The number of benzene rings is 1. The molecule has 1 aromatic rings. The van der Waals surface area contributed by atoms with Crippen LogP contribution in [0.4, 0.5) is 0 Å². The van der Waals surface area contributed by atoms with Gasteiger partial charge in [-0.25, -0.2) is 0 Å². The van der Waals surface area contributed by atoms with E-state index in [0.29, 0.717) is 6.04 Å². The first-order valence-corrected chi connectivity index (χ1v) is 9.06. The van der Waals surface area contributed by atoms with Gasteiger partial charge in [0.05, 0.1) is 5.60 Å². The van der Waals surface area contributed by atoms with E-state index in [9.17, 15) is 0 Å². The second-order valence-corrected chi connectivity index (χ2v) is 7.64. The summed E-state index contributed by atoms with van der Waals surface area (Å²) >= 11 is 3.58. The molecule has 116 valence electrons. The molecule has 3 rings (SSSR count). The Kier molecular flexibility index (Phi) is 5.03. The van der Waals surface area contributed by atoms with Gasteiger partial charge in [0.2, 0.25) is 0 Å². The van der Waals surface area contributed by atoms with Crippen LogP contribution in [0.2, 0.25) is 0 Å². The Morgan fingerprint density at radius 3 is 2.90 bits per heavy atom. The molecule has 1 spiro atoms. The Labute approximate surface area is 136 Å². The maximum absolute atomic E-state index is 6.19. The fraction of sp³-hybridized carbons (Fsp3) is 0.667. The van der Waals surface area contributed by atoms with Crippen molar-refractivity contribution in [2.75, 3.05) is 13.7 Å². The highest BCUT2D eigenvalue weighted by molar-refractivity contribution is 9.10. The van der Waals surface area contributed by atoms with Gasteiger partial charge in [0.1, 0.15) is 0 Å². The fourth-order valence-electron chi connectivity index (χ4n) is 4.20. The molecular weight excluding hydrogens is 326 g/mol. The van der Waals surface area contributed by atoms with Crippen LogP contribution in [-0.2, 0) is 11.2 Å². The van der Waals surface area contributed by atoms with Crippen LogP contribution in [0.3, 0.4) is 0 Å². The summed E-state index contributed by atoms with van der Waals surface area (Å²) in [5.74, 6) is 0.737. The smallest absolute Gasteiger partial charge is 0.0685 e. The van der Waals surface area contributed by atoms with E-state index in [1.807, 2.05) is 0 Å². The molecule has 2 aliphatic rings. The second-order valence-electron chi connectivity index (χ2n) is 6.72. The van der Waals surface area contributed by atoms with Gasteiger partial charge in [-0.1, -0.05) is 40.9 Å². The highest BCUT2D eigenvalue weighted by atomic mass is 79.9. The predicted molar refractivity (Wildman–Crippen MR) is 90.6 cm³/mol. The maximum Gasteiger partial charge on any atom is 0.0685 e. The summed E-state index contributed by atoms with van der Waals surface area (Å²) in [6, 6.07) is 9.27. The van der Waals surface area contributed by atoms with Crippen molar-refractivity contribution in [3.63, 3.8) is 0 Å². The van der Waals surface area contributed by atoms with E-state index in [2.05, 4.69) is 52.6 Å². The van der Waals surface area contributed by atoms with Crippen LogP contribution < -0.4 is 5.32 Å². The molecule has 3 heteroatoms. The Morgan fingerprint density at radius 1 is 1.38 bits per heavy atom. The third-order valence-electron chi connectivity index (χ3n) is 5.33. The molecule has 1 N–H and O–H groups in total. The van der Waals surface area contributed by atoms with Crippen LogP contribution in [-0.4, -0.2) is 25.3 Å². The second kappa shape index (κ2) is 6.80. The number of ether oxygens (including phenoxy) is 1. The first-order chi connectivity index (χ1) is 10.2. The first kappa shape index (κ1) is 15.5. The zero-order chi connectivity index (χ0) is 14.7. The summed E-state index contributed by atoms with van der Waals surface area (Å²) in [5.41, 5.74) is 1.63. The number of rotatable bonds is 4. The van der Waals surface area contributed by atoms with Crippen LogP contribution >= 0.6 is 15.9 Å². The van der Waals surface area contributed by atoms with E-state index in [4.69, 9.17) is 4.74 Å². The van der Waals surface area contributed by atoms with Crippen LogP contribution in [0.1, 0.15) is 44.1 Å². The third kappa shape index (κ3) is 3.69. The van der Waals surface area contributed by atoms with Crippen LogP contribution in [0.15, 0.2) is 28.7 Å². The Bertz CT molecular complexity index is 470. The molecule has 1 aliphatic heterocycles. The fourth-order valence-corrected chi connectivity index (χ4v) is 4.65. The highest BCUT2D eigenvalue weighted by Gasteiger charge is 2.41. The molecule has 1 saturated heterocycles. The van der Waals surface area contributed by atoms with Gasteiger partial charge in [-0.15, -0.1) is 0 Å². The lowest BCUT2D eigenvalue weighted by Crippen LogP contribution is -2.45. The summed E-state index contributed by atoms with van der Waals surface area (Å²) in [7, 11) is 2.11. The van der Waals surface area contributed by atoms with Gasteiger partial charge in [0.15, 0.2) is 0 Å². The molecule has 1 aromatic carbocycles. The van der Waals surface area contributed by atoms with Gasteiger partial charge in [0, 0.05) is 17.1 Å². The summed E-state index contributed by atoms with van der Waals surface area (Å²) in [6.07, 6.45) is 8.79. The van der Waals surface area contributed by atoms with Gasteiger partial charge in [-0.3, -0.25) is 0 Å². The van der Waals surface area contributed by atoms with Crippen molar-refractivity contribution in [3.8, 4) is 0 Å². The van der Waals surface area contributed by atoms with E-state index in [-0.39, 0.29) is 5.60 Å². The van der Waals surface area contributed by atoms with E-state index < -0.39 is 0 Å². The minimum atomic E-state index is 0.218. The predicted octanol–water partition coefficient (Wildman–Crippen LogP) is 4.32. The largest absolute Gasteiger partial charge is 0.375 e. The number of likely N-dealkylation sites (N-methyl/N-ethyl adjacent to an activating group) is 1. The summed E-state index contributed by atoms with van der Waals surface area (Å²) < 4.78 is 7.36. The quantitative estimate of drug-likeness (QED) is 0.871. The van der Waals surface area contributed by atoms with E-state index in [0.717, 1.165) is 18.9 Å². The van der Waals surface area contributed by atoms with Crippen LogP contribution in [0, 0.1) is 5.92 Å². The molecule has 1 heterocycles. The zero-order valence-electron chi connectivity index (χ0n) is 12.9. The minimum absolute atomic E-state index is 0.218. The molecule has 0 amide bonds. The monoisotopic (exact) mass is 351 g/mol. The van der Waals surface area contributed by atoms with Crippen molar-refractivity contribution in [3.05, 3.63) is 34.3 Å². The van der Waals surface area contributed by atoms with Crippen LogP contribution in [0.5, 0.6) is 0 Å². The summed E-state index contributed by atoms with van der Waals surface area (Å²) in [6.45, 7) is 0.946. The van der Waals surface area contributed by atoms with E-state index >= 15 is 0 Å². The van der Waals surface area contributed by atoms with Gasteiger partial charge >= 0.3 is 0 Å². The number of nitrogens with one attached hydrogen (secondary N) is 1. The molecule has 1 saturated carbocycles. The molecule has 2 unspecified atom stereocenters. The molecule has 2 nitrogen and oxygen atoms in total. The van der Waals surface area contributed by atoms with Crippen molar-refractivity contribution >= 4 is 15.9 Å². The van der Waals surface area contributed by atoms with Gasteiger partial charge in [-0.05, 0) is 62.8 Å². The Hall–Kier alpha value is -0.380. The van der Waals surface area contributed by atoms with Crippen molar-refractivity contribution in [1.82, 2.24) is 5.32 Å². The Balaban J connectivity index is 1.67. The SMILES string of the molecule is CNC(Cc1cccc(Br)c1)C1CCOC2(CCCC2)C1. The van der Waals surface area contributed by atoms with Gasteiger partial charge < -0.3 is 10.1 Å². The van der Waals surface area contributed by atoms with Crippen molar-refractivity contribution in [2.24, 2.45) is 5.92 Å². The molecular formula is C18H26BrNO. The van der Waals surface area contributed by atoms with Crippen molar-refractivity contribution < 1.29 is 4.74 Å². The summed E-state index contributed by atoms with van der Waals surface area (Å²) in [5, 5.41) is 3.58. The normalized spacial score (nSPS) is 26.1. The van der Waals surface area contributed by atoms with Gasteiger partial charge in [0.25, 0.3) is 0 Å². The average Bonchev–Trinajstić information content (AvgIpc) is 2.92. The first-order valence-electron chi connectivity index (χ1n) is 8.26. The molecule has 2 atom stereocenters. The summed E-state index contributed by atoms with van der Waals surface area (Å²) in [4.78, 5) is 0. The van der Waals surface area contributed by atoms with Gasteiger partial charge in [-0.2, -0.15) is 0 Å². The highest BCUT2D eigenvalue weighted by Crippen LogP contribution is 2.43. The lowest BCUT2D eigenvalue weighted by atomic mass is 9.79.